The molecule has 0 aliphatic rings. The fourth-order valence-electron chi connectivity index (χ4n) is 1.66. The Balaban J connectivity index is 1.92. The molecule has 8 heteroatoms. The lowest BCUT2D eigenvalue weighted by Gasteiger charge is -2.03. The Bertz CT molecular complexity index is 639. The normalized spacial score (nSPS) is 10.3. The number of hydrogen-bond acceptors (Lipinski definition) is 6. The first-order valence-electron chi connectivity index (χ1n) is 6.26. The van der Waals surface area contributed by atoms with Gasteiger partial charge in [0.25, 0.3) is 11.6 Å². The van der Waals surface area contributed by atoms with Gasteiger partial charge in [-0.25, -0.2) is 4.98 Å². The summed E-state index contributed by atoms with van der Waals surface area (Å²) in [5, 5.41) is 15.8. The minimum atomic E-state index is -0.462. The highest BCUT2D eigenvalue weighted by molar-refractivity contribution is 7.09. The Morgan fingerprint density at radius 1 is 1.38 bits per heavy atom. The van der Waals surface area contributed by atoms with Gasteiger partial charge in [0.1, 0.15) is 5.69 Å². The highest BCUT2D eigenvalue weighted by atomic mass is 32.1. The zero-order valence-electron chi connectivity index (χ0n) is 11.1. The predicted molar refractivity (Wildman–Crippen MR) is 79.1 cm³/mol. The Hall–Kier alpha value is -2.32. The second kappa shape index (κ2) is 6.91. The van der Waals surface area contributed by atoms with Gasteiger partial charge in [-0.05, 0) is 12.1 Å². The molecule has 2 rings (SSSR count). The summed E-state index contributed by atoms with van der Waals surface area (Å²) in [6, 6.07) is 6.03. The number of carbonyl (C=O) groups is 1. The lowest BCUT2D eigenvalue weighted by atomic mass is 10.2. The van der Waals surface area contributed by atoms with Crippen LogP contribution < -0.4 is 11.1 Å². The topological polar surface area (TPSA) is 111 Å². The van der Waals surface area contributed by atoms with Gasteiger partial charge in [0.2, 0.25) is 0 Å². The van der Waals surface area contributed by atoms with Crippen LogP contribution in [0.25, 0.3) is 0 Å². The molecule has 0 atom stereocenters. The van der Waals surface area contributed by atoms with E-state index in [1.165, 1.54) is 23.5 Å². The van der Waals surface area contributed by atoms with Crippen molar-refractivity contribution in [1.82, 2.24) is 10.3 Å². The first-order valence-corrected chi connectivity index (χ1v) is 7.14. The molecule has 1 amide bonds. The molecular formula is C13H14N4O3S. The minimum absolute atomic E-state index is 0.0241. The summed E-state index contributed by atoms with van der Waals surface area (Å²) in [7, 11) is 0. The number of carbonyl (C=O) groups excluding carboxylic acids is 1. The zero-order valence-corrected chi connectivity index (χ0v) is 11.9. The molecule has 0 fully saturated rings. The van der Waals surface area contributed by atoms with E-state index < -0.39 is 4.92 Å². The quantitative estimate of drug-likeness (QED) is 0.620. The number of nitro groups is 1. The van der Waals surface area contributed by atoms with E-state index in [4.69, 9.17) is 5.73 Å². The number of nitro benzene ring substituents is 1. The van der Waals surface area contributed by atoms with Crippen LogP contribution in [0.4, 0.5) is 5.69 Å². The minimum Gasteiger partial charge on any atom is -0.347 e. The maximum atomic E-state index is 11.9. The molecule has 0 spiro atoms. The monoisotopic (exact) mass is 306 g/mol. The SMILES string of the molecule is NCCc1nc(C(=O)NCc2ccc([N+](=O)[O-])cc2)cs1. The highest BCUT2D eigenvalue weighted by Gasteiger charge is 2.10. The van der Waals surface area contributed by atoms with Crippen LogP contribution in [0.5, 0.6) is 0 Å². The lowest BCUT2D eigenvalue weighted by molar-refractivity contribution is -0.384. The number of nitrogens with zero attached hydrogens (tertiary/aromatic N) is 2. The number of thiazole rings is 1. The van der Waals surface area contributed by atoms with Gasteiger partial charge in [-0.3, -0.25) is 14.9 Å². The van der Waals surface area contributed by atoms with Gasteiger partial charge in [-0.1, -0.05) is 12.1 Å². The number of aromatic nitrogens is 1. The van der Waals surface area contributed by atoms with E-state index in [9.17, 15) is 14.9 Å². The van der Waals surface area contributed by atoms with Gasteiger partial charge >= 0.3 is 0 Å². The molecule has 3 N–H and O–H groups in total. The van der Waals surface area contributed by atoms with E-state index in [-0.39, 0.29) is 11.6 Å². The van der Waals surface area contributed by atoms with Crippen molar-refractivity contribution in [2.24, 2.45) is 5.73 Å². The van der Waals surface area contributed by atoms with Gasteiger partial charge in [-0.2, -0.15) is 0 Å². The van der Waals surface area contributed by atoms with Gasteiger partial charge in [0.15, 0.2) is 0 Å². The third-order valence-electron chi connectivity index (χ3n) is 2.74. The molecule has 0 saturated carbocycles. The number of nitrogens with one attached hydrogen (secondary N) is 1. The van der Waals surface area contributed by atoms with Crippen LogP contribution in [0.2, 0.25) is 0 Å². The van der Waals surface area contributed by atoms with E-state index in [0.717, 1.165) is 10.6 Å². The molecule has 110 valence electrons. The maximum Gasteiger partial charge on any atom is 0.271 e. The lowest BCUT2D eigenvalue weighted by Crippen LogP contribution is -2.23. The van der Waals surface area contributed by atoms with Crippen LogP contribution in [0.15, 0.2) is 29.6 Å². The second-order valence-electron chi connectivity index (χ2n) is 4.27. The summed E-state index contributed by atoms with van der Waals surface area (Å²) in [5.41, 5.74) is 6.61. The Morgan fingerprint density at radius 2 is 2.10 bits per heavy atom. The molecule has 7 nitrogen and oxygen atoms in total. The maximum absolute atomic E-state index is 11.9. The average Bonchev–Trinajstić information content (AvgIpc) is 2.94. The molecule has 0 unspecified atom stereocenters. The third-order valence-corrected chi connectivity index (χ3v) is 3.65. The van der Waals surface area contributed by atoms with Crippen molar-refractivity contribution in [2.75, 3.05) is 6.54 Å². The highest BCUT2D eigenvalue weighted by Crippen LogP contribution is 2.13. The molecule has 0 saturated heterocycles. The Kier molecular flexibility index (Phi) is 4.96. The van der Waals surface area contributed by atoms with E-state index in [1.54, 1.807) is 17.5 Å². The van der Waals surface area contributed by atoms with Crippen molar-refractivity contribution in [1.29, 1.82) is 0 Å². The largest absolute Gasteiger partial charge is 0.347 e. The van der Waals surface area contributed by atoms with E-state index >= 15 is 0 Å². The van der Waals surface area contributed by atoms with Crippen LogP contribution in [-0.2, 0) is 13.0 Å². The molecule has 0 bridgehead atoms. The van der Waals surface area contributed by atoms with Gasteiger partial charge in [0, 0.05) is 30.5 Å². The molecule has 0 radical (unpaired) electrons. The van der Waals surface area contributed by atoms with E-state index in [0.29, 0.717) is 25.2 Å². The Labute approximate surface area is 125 Å². The molecule has 0 aliphatic carbocycles. The summed E-state index contributed by atoms with van der Waals surface area (Å²) in [6.45, 7) is 0.790. The summed E-state index contributed by atoms with van der Waals surface area (Å²) in [5.74, 6) is -0.270. The first kappa shape index (κ1) is 15.1. The molecule has 1 aromatic heterocycles. The smallest absolute Gasteiger partial charge is 0.271 e. The molecule has 1 heterocycles. The van der Waals surface area contributed by atoms with Crippen molar-refractivity contribution >= 4 is 22.9 Å². The molecule has 21 heavy (non-hydrogen) atoms. The van der Waals surface area contributed by atoms with E-state index in [2.05, 4.69) is 10.3 Å². The molecule has 0 aliphatic heterocycles. The van der Waals surface area contributed by atoms with Crippen LogP contribution in [0.1, 0.15) is 21.1 Å². The van der Waals surface area contributed by atoms with Crippen molar-refractivity contribution in [3.05, 3.63) is 56.0 Å². The standard InChI is InChI=1S/C13H14N4O3S/c14-6-5-12-16-11(8-21-12)13(18)15-7-9-1-3-10(4-2-9)17(19)20/h1-4,8H,5-7,14H2,(H,15,18). The number of rotatable bonds is 6. The summed E-state index contributed by atoms with van der Waals surface area (Å²) in [6.07, 6.45) is 0.653. The van der Waals surface area contributed by atoms with Crippen molar-refractivity contribution in [2.45, 2.75) is 13.0 Å². The van der Waals surface area contributed by atoms with Crippen LogP contribution >= 0.6 is 11.3 Å². The number of nitrogens with two attached hydrogens (primary N) is 1. The van der Waals surface area contributed by atoms with Gasteiger partial charge in [0.05, 0.1) is 9.93 Å². The predicted octanol–water partition coefficient (Wildman–Crippen LogP) is 1.48. The van der Waals surface area contributed by atoms with Gasteiger partial charge < -0.3 is 11.1 Å². The van der Waals surface area contributed by atoms with Crippen molar-refractivity contribution in [3.63, 3.8) is 0 Å². The fraction of sp³-hybridized carbons (Fsp3) is 0.231. The summed E-state index contributed by atoms with van der Waals surface area (Å²) < 4.78 is 0. The molecular weight excluding hydrogens is 292 g/mol. The van der Waals surface area contributed by atoms with Gasteiger partial charge in [-0.15, -0.1) is 11.3 Å². The number of amides is 1. The zero-order chi connectivity index (χ0) is 15.2. The fourth-order valence-corrected chi connectivity index (χ4v) is 2.46. The van der Waals surface area contributed by atoms with Crippen molar-refractivity contribution in [3.8, 4) is 0 Å². The van der Waals surface area contributed by atoms with Crippen molar-refractivity contribution < 1.29 is 9.72 Å². The second-order valence-corrected chi connectivity index (χ2v) is 5.21. The van der Waals surface area contributed by atoms with Crippen LogP contribution in [-0.4, -0.2) is 22.4 Å². The average molecular weight is 306 g/mol. The number of benzene rings is 1. The molecule has 2 aromatic rings. The summed E-state index contributed by atoms with van der Waals surface area (Å²) in [4.78, 5) is 26.2. The van der Waals surface area contributed by atoms with Crippen LogP contribution in [0.3, 0.4) is 0 Å². The summed E-state index contributed by atoms with van der Waals surface area (Å²) >= 11 is 1.40. The Morgan fingerprint density at radius 3 is 2.71 bits per heavy atom. The number of non-ortho nitro benzene ring substituents is 1. The number of hydrogen-bond donors (Lipinski definition) is 2. The van der Waals surface area contributed by atoms with Crippen LogP contribution in [0, 0.1) is 10.1 Å². The molecule has 1 aromatic carbocycles. The third kappa shape index (κ3) is 4.07. The van der Waals surface area contributed by atoms with E-state index in [1.807, 2.05) is 0 Å². The first-order chi connectivity index (χ1) is 10.1.